The molecule has 88 valence electrons. The summed E-state index contributed by atoms with van der Waals surface area (Å²) in [6, 6.07) is 7.89. The summed E-state index contributed by atoms with van der Waals surface area (Å²) in [4.78, 5) is 0. The van der Waals surface area contributed by atoms with E-state index in [9.17, 15) is 0 Å². The second kappa shape index (κ2) is 3.56. The summed E-state index contributed by atoms with van der Waals surface area (Å²) in [5.74, 6) is 0.925. The fourth-order valence-electron chi connectivity index (χ4n) is 2.28. The SMILES string of the molecule is Cn1cnnc1C1(c2cccc(N)c2)COC1. The number of nitrogens with two attached hydrogens (primary N) is 1. The molecule has 0 unspecified atom stereocenters. The number of aromatic nitrogens is 3. The maximum absolute atomic E-state index is 5.84. The molecule has 1 aromatic heterocycles. The minimum absolute atomic E-state index is 0.194. The zero-order valence-corrected chi connectivity index (χ0v) is 9.63. The Bertz CT molecular complexity index is 545. The van der Waals surface area contributed by atoms with Gasteiger partial charge in [0.25, 0.3) is 0 Å². The zero-order chi connectivity index (χ0) is 11.9. The van der Waals surface area contributed by atoms with Gasteiger partial charge >= 0.3 is 0 Å². The Kier molecular flexibility index (Phi) is 2.16. The minimum atomic E-state index is -0.194. The number of benzene rings is 1. The van der Waals surface area contributed by atoms with E-state index < -0.39 is 0 Å². The van der Waals surface area contributed by atoms with Crippen molar-refractivity contribution in [2.75, 3.05) is 18.9 Å². The fraction of sp³-hybridized carbons (Fsp3) is 0.333. The van der Waals surface area contributed by atoms with Gasteiger partial charge < -0.3 is 15.0 Å². The van der Waals surface area contributed by atoms with Crippen molar-refractivity contribution in [3.05, 3.63) is 42.0 Å². The highest BCUT2D eigenvalue weighted by Gasteiger charge is 2.45. The predicted octanol–water partition coefficient (Wildman–Crippen LogP) is 0.714. The topological polar surface area (TPSA) is 66.0 Å². The number of anilines is 1. The van der Waals surface area contributed by atoms with Crippen LogP contribution in [0, 0.1) is 0 Å². The summed E-state index contributed by atoms with van der Waals surface area (Å²) in [7, 11) is 1.95. The van der Waals surface area contributed by atoms with Gasteiger partial charge in [0.15, 0.2) is 0 Å². The monoisotopic (exact) mass is 230 g/mol. The minimum Gasteiger partial charge on any atom is -0.399 e. The molecule has 1 aliphatic rings. The molecule has 0 amide bonds. The molecule has 5 nitrogen and oxygen atoms in total. The Balaban J connectivity index is 2.12. The van der Waals surface area contributed by atoms with Crippen LogP contribution in [0.25, 0.3) is 0 Å². The summed E-state index contributed by atoms with van der Waals surface area (Å²) in [6.45, 7) is 1.26. The predicted molar refractivity (Wildman–Crippen MR) is 63.5 cm³/mol. The first-order valence-electron chi connectivity index (χ1n) is 5.51. The van der Waals surface area contributed by atoms with Crippen LogP contribution in [0.2, 0.25) is 0 Å². The van der Waals surface area contributed by atoms with Crippen molar-refractivity contribution in [1.82, 2.24) is 14.8 Å². The molecule has 0 saturated carbocycles. The number of rotatable bonds is 2. The molecule has 1 saturated heterocycles. The van der Waals surface area contributed by atoms with Gasteiger partial charge in [0, 0.05) is 12.7 Å². The summed E-state index contributed by atoms with van der Waals surface area (Å²) >= 11 is 0. The maximum atomic E-state index is 5.84. The highest BCUT2D eigenvalue weighted by atomic mass is 16.5. The lowest BCUT2D eigenvalue weighted by molar-refractivity contribution is -0.0435. The molecule has 0 atom stereocenters. The Labute approximate surface area is 99.2 Å². The van der Waals surface area contributed by atoms with Gasteiger partial charge in [0.05, 0.1) is 13.2 Å². The van der Waals surface area contributed by atoms with Gasteiger partial charge in [0.2, 0.25) is 0 Å². The molecule has 1 aromatic carbocycles. The molecule has 2 aromatic rings. The third-order valence-electron chi connectivity index (χ3n) is 3.28. The third kappa shape index (κ3) is 1.43. The number of nitrogen functional groups attached to an aromatic ring is 1. The number of nitrogens with zero attached hydrogens (tertiary/aromatic N) is 3. The molecule has 0 bridgehead atoms. The van der Waals surface area contributed by atoms with Crippen molar-refractivity contribution in [2.45, 2.75) is 5.41 Å². The van der Waals surface area contributed by atoms with Crippen LogP contribution >= 0.6 is 0 Å². The van der Waals surface area contributed by atoms with Gasteiger partial charge in [-0.1, -0.05) is 12.1 Å². The normalized spacial score (nSPS) is 17.7. The van der Waals surface area contributed by atoms with E-state index in [1.54, 1.807) is 6.33 Å². The molecule has 2 N–H and O–H groups in total. The first kappa shape index (κ1) is 10.3. The Morgan fingerprint density at radius 2 is 2.24 bits per heavy atom. The van der Waals surface area contributed by atoms with E-state index in [2.05, 4.69) is 16.3 Å². The van der Waals surface area contributed by atoms with Gasteiger partial charge in [0.1, 0.15) is 17.6 Å². The van der Waals surface area contributed by atoms with E-state index >= 15 is 0 Å². The molecule has 0 aliphatic carbocycles. The second-order valence-corrected chi connectivity index (χ2v) is 4.47. The lowest BCUT2D eigenvalue weighted by Crippen LogP contribution is -2.49. The standard InChI is InChI=1S/C12H14N4O/c1-16-8-14-15-11(16)12(6-17-7-12)9-3-2-4-10(13)5-9/h2-5,8H,6-7,13H2,1H3. The van der Waals surface area contributed by atoms with Crippen LogP contribution < -0.4 is 5.73 Å². The van der Waals surface area contributed by atoms with E-state index in [1.165, 1.54) is 0 Å². The largest absolute Gasteiger partial charge is 0.399 e. The first-order valence-corrected chi connectivity index (χ1v) is 5.51. The Morgan fingerprint density at radius 1 is 1.41 bits per heavy atom. The third-order valence-corrected chi connectivity index (χ3v) is 3.28. The van der Waals surface area contributed by atoms with E-state index in [1.807, 2.05) is 29.8 Å². The first-order chi connectivity index (χ1) is 8.22. The number of hydrogen-bond acceptors (Lipinski definition) is 4. The Hall–Kier alpha value is -1.88. The van der Waals surface area contributed by atoms with E-state index in [0.29, 0.717) is 13.2 Å². The summed E-state index contributed by atoms with van der Waals surface area (Å²) in [5, 5.41) is 8.15. The van der Waals surface area contributed by atoms with Crippen molar-refractivity contribution < 1.29 is 4.74 Å². The molecule has 1 aliphatic heterocycles. The van der Waals surface area contributed by atoms with Crippen LogP contribution in [-0.4, -0.2) is 28.0 Å². The van der Waals surface area contributed by atoms with E-state index in [4.69, 9.17) is 10.5 Å². The van der Waals surface area contributed by atoms with Crippen molar-refractivity contribution in [1.29, 1.82) is 0 Å². The summed E-state index contributed by atoms with van der Waals surface area (Å²) in [5.41, 5.74) is 7.55. The van der Waals surface area contributed by atoms with Crippen LogP contribution in [0.5, 0.6) is 0 Å². The molecule has 0 spiro atoms. The van der Waals surface area contributed by atoms with Crippen LogP contribution in [0.1, 0.15) is 11.4 Å². The lowest BCUT2D eigenvalue weighted by atomic mass is 9.77. The summed E-state index contributed by atoms with van der Waals surface area (Å²) < 4.78 is 7.33. The van der Waals surface area contributed by atoms with Gasteiger partial charge in [-0.25, -0.2) is 0 Å². The highest BCUT2D eigenvalue weighted by molar-refractivity contribution is 5.46. The van der Waals surface area contributed by atoms with Crippen LogP contribution in [-0.2, 0) is 17.2 Å². The zero-order valence-electron chi connectivity index (χ0n) is 9.63. The van der Waals surface area contributed by atoms with Gasteiger partial charge in [-0.2, -0.15) is 0 Å². The second-order valence-electron chi connectivity index (χ2n) is 4.47. The average molecular weight is 230 g/mol. The molecular formula is C12H14N4O. The molecule has 5 heteroatoms. The van der Waals surface area contributed by atoms with Crippen molar-refractivity contribution >= 4 is 5.69 Å². The highest BCUT2D eigenvalue weighted by Crippen LogP contribution is 2.38. The number of hydrogen-bond donors (Lipinski definition) is 1. The molecule has 2 heterocycles. The van der Waals surface area contributed by atoms with Crippen molar-refractivity contribution in [3.8, 4) is 0 Å². The average Bonchev–Trinajstić information content (AvgIpc) is 2.64. The van der Waals surface area contributed by atoms with Gasteiger partial charge in [-0.15, -0.1) is 10.2 Å². The van der Waals surface area contributed by atoms with Crippen LogP contribution in [0.15, 0.2) is 30.6 Å². The Morgan fingerprint density at radius 3 is 2.76 bits per heavy atom. The van der Waals surface area contributed by atoms with Gasteiger partial charge in [-0.3, -0.25) is 0 Å². The maximum Gasteiger partial charge on any atom is 0.147 e. The summed E-state index contributed by atoms with van der Waals surface area (Å²) in [6.07, 6.45) is 1.71. The number of aryl methyl sites for hydroxylation is 1. The smallest absolute Gasteiger partial charge is 0.147 e. The van der Waals surface area contributed by atoms with E-state index in [0.717, 1.165) is 17.1 Å². The van der Waals surface area contributed by atoms with Crippen LogP contribution in [0.4, 0.5) is 5.69 Å². The number of ether oxygens (including phenoxy) is 1. The molecule has 3 rings (SSSR count). The molecule has 17 heavy (non-hydrogen) atoms. The van der Waals surface area contributed by atoms with E-state index in [-0.39, 0.29) is 5.41 Å². The molecular weight excluding hydrogens is 216 g/mol. The quantitative estimate of drug-likeness (QED) is 0.772. The van der Waals surface area contributed by atoms with Crippen molar-refractivity contribution in [2.24, 2.45) is 7.05 Å². The lowest BCUT2D eigenvalue weighted by Gasteiger charge is -2.40. The molecule has 1 fully saturated rings. The van der Waals surface area contributed by atoms with Crippen molar-refractivity contribution in [3.63, 3.8) is 0 Å². The van der Waals surface area contributed by atoms with Gasteiger partial charge in [-0.05, 0) is 17.7 Å². The molecule has 0 radical (unpaired) electrons. The fourth-order valence-corrected chi connectivity index (χ4v) is 2.28. The van der Waals surface area contributed by atoms with Crippen LogP contribution in [0.3, 0.4) is 0 Å².